The van der Waals surface area contributed by atoms with Crippen LogP contribution >= 0.6 is 0 Å². The lowest BCUT2D eigenvalue weighted by molar-refractivity contribution is 1.22. The molecule has 3 heteroatoms. The fraction of sp³-hybridized carbons (Fsp3) is 0. The Hall–Kier alpha value is -6.19. The van der Waals surface area contributed by atoms with Crippen molar-refractivity contribution < 1.29 is 0 Å². The molecule has 7 aromatic carbocycles. The van der Waals surface area contributed by atoms with Crippen LogP contribution in [0.5, 0.6) is 0 Å². The third-order valence-corrected chi connectivity index (χ3v) is 8.97. The van der Waals surface area contributed by atoms with E-state index >= 15 is 0 Å². The predicted octanol–water partition coefficient (Wildman–Crippen LogP) is 12.0. The van der Waals surface area contributed by atoms with E-state index in [0.29, 0.717) is 0 Å². The fourth-order valence-corrected chi connectivity index (χ4v) is 6.84. The summed E-state index contributed by atoms with van der Waals surface area (Å²) < 4.78 is 0. The van der Waals surface area contributed by atoms with Crippen LogP contribution in [0.1, 0.15) is 0 Å². The summed E-state index contributed by atoms with van der Waals surface area (Å²) in [6.45, 7) is 0. The standard InChI is InChI=1S/C43H29N3/c1-3-11-30(12-4-1)40-26-25-37(29-44-40)45(34-17-5-2-6-18-34)35-21-23-36(24-22-35)46-41-20-10-16-31-15-9-19-38(43(31)41)39-27-32-13-7-8-14-33(32)28-42(39)46/h1-29H. The zero-order valence-corrected chi connectivity index (χ0v) is 25.1. The summed E-state index contributed by atoms with van der Waals surface area (Å²) >= 11 is 0. The molecule has 216 valence electrons. The van der Waals surface area contributed by atoms with Gasteiger partial charge in [0.2, 0.25) is 0 Å². The van der Waals surface area contributed by atoms with E-state index in [1.165, 1.54) is 44.0 Å². The average Bonchev–Trinajstić information content (AvgIpc) is 3.13. The van der Waals surface area contributed by atoms with Gasteiger partial charge < -0.3 is 9.80 Å². The first-order chi connectivity index (χ1) is 22.8. The monoisotopic (exact) mass is 587 g/mol. The molecule has 1 aliphatic rings. The molecule has 0 amide bonds. The SMILES string of the molecule is c1ccc(-c2ccc(N(c3ccccc3)c3ccc(N4c5cc6ccccc6cc5-c5cccc6cccc4c56)cc3)cn2)cc1. The number of nitrogens with zero attached hydrogens (tertiary/aromatic N) is 3. The van der Waals surface area contributed by atoms with Gasteiger partial charge in [0.1, 0.15) is 0 Å². The van der Waals surface area contributed by atoms with Crippen LogP contribution in [-0.2, 0) is 0 Å². The quantitative estimate of drug-likeness (QED) is 0.200. The third-order valence-electron chi connectivity index (χ3n) is 8.97. The first kappa shape index (κ1) is 26.2. The molecule has 1 aromatic heterocycles. The maximum Gasteiger partial charge on any atom is 0.0703 e. The molecule has 8 aromatic rings. The number of benzene rings is 7. The number of hydrogen-bond acceptors (Lipinski definition) is 3. The molecule has 0 unspecified atom stereocenters. The molecule has 0 fully saturated rings. The van der Waals surface area contributed by atoms with Crippen molar-refractivity contribution in [2.24, 2.45) is 0 Å². The number of pyridine rings is 1. The first-order valence-corrected chi connectivity index (χ1v) is 15.6. The van der Waals surface area contributed by atoms with Crippen molar-refractivity contribution in [2.45, 2.75) is 0 Å². The van der Waals surface area contributed by atoms with Gasteiger partial charge in [-0.3, -0.25) is 4.98 Å². The summed E-state index contributed by atoms with van der Waals surface area (Å²) in [6, 6.07) is 60.6. The highest BCUT2D eigenvalue weighted by Gasteiger charge is 2.26. The Morgan fingerprint density at radius 1 is 0.435 bits per heavy atom. The molecule has 0 bridgehead atoms. The summed E-state index contributed by atoms with van der Waals surface area (Å²) in [5.74, 6) is 0. The average molecular weight is 588 g/mol. The molecule has 0 saturated carbocycles. The van der Waals surface area contributed by atoms with E-state index in [-0.39, 0.29) is 0 Å². The van der Waals surface area contributed by atoms with Gasteiger partial charge in [0.25, 0.3) is 0 Å². The van der Waals surface area contributed by atoms with Gasteiger partial charge in [-0.2, -0.15) is 0 Å². The van der Waals surface area contributed by atoms with Crippen LogP contribution in [0.25, 0.3) is 43.9 Å². The van der Waals surface area contributed by atoms with E-state index < -0.39 is 0 Å². The lowest BCUT2D eigenvalue weighted by atomic mass is 9.89. The number of hydrogen-bond donors (Lipinski definition) is 0. The second-order valence-corrected chi connectivity index (χ2v) is 11.7. The Morgan fingerprint density at radius 2 is 1.07 bits per heavy atom. The van der Waals surface area contributed by atoms with Crippen LogP contribution in [0.15, 0.2) is 176 Å². The van der Waals surface area contributed by atoms with Crippen molar-refractivity contribution in [2.75, 3.05) is 9.80 Å². The molecule has 3 nitrogen and oxygen atoms in total. The van der Waals surface area contributed by atoms with E-state index in [0.717, 1.165) is 34.0 Å². The molecule has 0 spiro atoms. The molecule has 0 atom stereocenters. The van der Waals surface area contributed by atoms with Gasteiger partial charge in [-0.05, 0) is 88.5 Å². The van der Waals surface area contributed by atoms with Gasteiger partial charge in [-0.25, -0.2) is 0 Å². The Kier molecular flexibility index (Phi) is 6.14. The van der Waals surface area contributed by atoms with E-state index in [1.54, 1.807) is 0 Å². The Bertz CT molecular complexity index is 2340. The van der Waals surface area contributed by atoms with E-state index in [9.17, 15) is 0 Å². The van der Waals surface area contributed by atoms with Crippen LogP contribution in [-0.4, -0.2) is 4.98 Å². The van der Waals surface area contributed by atoms with Gasteiger partial charge in [0, 0.05) is 33.6 Å². The summed E-state index contributed by atoms with van der Waals surface area (Å²) in [7, 11) is 0. The van der Waals surface area contributed by atoms with Crippen LogP contribution in [0.3, 0.4) is 0 Å². The fourth-order valence-electron chi connectivity index (χ4n) is 6.84. The number of aromatic nitrogens is 1. The van der Waals surface area contributed by atoms with Gasteiger partial charge >= 0.3 is 0 Å². The Balaban J connectivity index is 1.17. The lowest BCUT2D eigenvalue weighted by Gasteiger charge is -2.34. The largest absolute Gasteiger partial charge is 0.309 e. The van der Waals surface area contributed by atoms with Gasteiger partial charge in [0.05, 0.1) is 29.0 Å². The molecule has 46 heavy (non-hydrogen) atoms. The molecule has 9 rings (SSSR count). The number of rotatable bonds is 5. The lowest BCUT2D eigenvalue weighted by Crippen LogP contribution is -2.15. The normalized spacial score (nSPS) is 11.9. The molecule has 0 N–H and O–H groups in total. The summed E-state index contributed by atoms with van der Waals surface area (Å²) in [6.07, 6.45) is 1.97. The Labute approximate surface area is 268 Å². The van der Waals surface area contributed by atoms with E-state index in [1.807, 2.05) is 24.4 Å². The zero-order valence-electron chi connectivity index (χ0n) is 25.1. The zero-order chi connectivity index (χ0) is 30.5. The molecule has 2 heterocycles. The molecule has 0 aliphatic carbocycles. The van der Waals surface area contributed by atoms with Crippen molar-refractivity contribution in [3.63, 3.8) is 0 Å². The molecular weight excluding hydrogens is 558 g/mol. The van der Waals surface area contributed by atoms with Gasteiger partial charge in [-0.1, -0.05) is 103 Å². The highest BCUT2D eigenvalue weighted by atomic mass is 15.2. The summed E-state index contributed by atoms with van der Waals surface area (Å²) in [5, 5.41) is 5.01. The second kappa shape index (κ2) is 10.8. The van der Waals surface area contributed by atoms with Crippen LogP contribution in [0.2, 0.25) is 0 Å². The minimum atomic E-state index is 0.957. The van der Waals surface area contributed by atoms with Crippen molar-refractivity contribution >= 4 is 55.7 Å². The van der Waals surface area contributed by atoms with Gasteiger partial charge in [-0.15, -0.1) is 0 Å². The van der Waals surface area contributed by atoms with Crippen molar-refractivity contribution in [1.82, 2.24) is 4.98 Å². The topological polar surface area (TPSA) is 19.4 Å². The van der Waals surface area contributed by atoms with Crippen LogP contribution in [0.4, 0.5) is 34.1 Å². The predicted molar refractivity (Wildman–Crippen MR) is 193 cm³/mol. The first-order valence-electron chi connectivity index (χ1n) is 15.6. The number of para-hydroxylation sites is 1. The van der Waals surface area contributed by atoms with E-state index in [4.69, 9.17) is 4.98 Å². The molecule has 1 aliphatic heterocycles. The van der Waals surface area contributed by atoms with Gasteiger partial charge in [0.15, 0.2) is 0 Å². The summed E-state index contributed by atoms with van der Waals surface area (Å²) in [5.41, 5.74) is 11.3. The minimum absolute atomic E-state index is 0.957. The second-order valence-electron chi connectivity index (χ2n) is 11.7. The highest BCUT2D eigenvalue weighted by molar-refractivity contribution is 6.15. The third kappa shape index (κ3) is 4.33. The molecular formula is C43H29N3. The highest BCUT2D eigenvalue weighted by Crippen LogP contribution is 2.52. The summed E-state index contributed by atoms with van der Waals surface area (Å²) in [4.78, 5) is 9.54. The number of fused-ring (bicyclic) bond motifs is 3. The maximum absolute atomic E-state index is 4.85. The van der Waals surface area contributed by atoms with E-state index in [2.05, 4.69) is 161 Å². The molecule has 0 saturated heterocycles. The maximum atomic E-state index is 4.85. The van der Waals surface area contributed by atoms with Crippen molar-refractivity contribution in [3.8, 4) is 22.4 Å². The van der Waals surface area contributed by atoms with Crippen molar-refractivity contribution in [3.05, 3.63) is 176 Å². The van der Waals surface area contributed by atoms with Crippen molar-refractivity contribution in [1.29, 1.82) is 0 Å². The number of anilines is 6. The molecule has 0 radical (unpaired) electrons. The van der Waals surface area contributed by atoms with Crippen LogP contribution in [0, 0.1) is 0 Å². The Morgan fingerprint density at radius 3 is 1.80 bits per heavy atom. The van der Waals surface area contributed by atoms with Crippen LogP contribution < -0.4 is 9.80 Å². The minimum Gasteiger partial charge on any atom is -0.309 e. The smallest absolute Gasteiger partial charge is 0.0703 e.